The molecule has 0 bridgehead atoms. The van der Waals surface area contributed by atoms with Crippen molar-refractivity contribution in [2.24, 2.45) is 10.4 Å². The van der Waals surface area contributed by atoms with Crippen LogP contribution >= 0.6 is 0 Å². The van der Waals surface area contributed by atoms with Gasteiger partial charge in [-0.2, -0.15) is 0 Å². The van der Waals surface area contributed by atoms with Crippen molar-refractivity contribution in [1.29, 1.82) is 0 Å². The first-order valence-electron chi connectivity index (χ1n) is 8.32. The van der Waals surface area contributed by atoms with Crippen molar-refractivity contribution in [3.63, 3.8) is 0 Å². The van der Waals surface area contributed by atoms with Gasteiger partial charge in [0.25, 0.3) is 0 Å². The van der Waals surface area contributed by atoms with E-state index in [4.69, 9.17) is 4.74 Å². The molecule has 0 fully saturated rings. The number of nitrogens with one attached hydrogen (secondary N) is 1. The molecule has 0 aromatic heterocycles. The Hall–Kier alpha value is -1.21. The van der Waals surface area contributed by atoms with Gasteiger partial charge in [-0.15, -0.1) is 0 Å². The number of carbonyl (C=O) groups excluding carboxylic acids is 2. The van der Waals surface area contributed by atoms with Gasteiger partial charge in [0.1, 0.15) is 0 Å². The van der Waals surface area contributed by atoms with E-state index >= 15 is 0 Å². The maximum atomic E-state index is 12.4. The number of urea groups is 1. The van der Waals surface area contributed by atoms with Crippen molar-refractivity contribution < 1.29 is 49.0 Å². The predicted octanol–water partition coefficient (Wildman–Crippen LogP) is -1.17. The molecule has 0 saturated heterocycles. The molecule has 1 aliphatic heterocycles. The second kappa shape index (κ2) is 10.7. The Morgan fingerprint density at radius 1 is 1.16 bits per heavy atom. The number of benzene rings is 1. The summed E-state index contributed by atoms with van der Waals surface area (Å²) >= 11 is 0. The summed E-state index contributed by atoms with van der Waals surface area (Å²) in [6.07, 6.45) is 3.03. The van der Waals surface area contributed by atoms with Crippen molar-refractivity contribution in [2.75, 3.05) is 13.2 Å². The van der Waals surface area contributed by atoms with Gasteiger partial charge < -0.3 is 9.84 Å². The van der Waals surface area contributed by atoms with Gasteiger partial charge in [0.2, 0.25) is 5.91 Å². The zero-order valence-electron chi connectivity index (χ0n) is 14.9. The number of nitrogens with zero attached hydrogens (tertiary/aromatic N) is 1. The number of unbranched alkanes of at least 4 members (excludes halogenated alkanes) is 1. The zero-order valence-corrected chi connectivity index (χ0v) is 16.9. The van der Waals surface area contributed by atoms with Gasteiger partial charge in [-0.3, -0.25) is 10.1 Å². The molecule has 1 heterocycles. The monoisotopic (exact) mass is 354 g/mol. The van der Waals surface area contributed by atoms with Gasteiger partial charge in [0.15, 0.2) is 0 Å². The molecule has 130 valence electrons. The molecule has 0 saturated carbocycles. The van der Waals surface area contributed by atoms with Gasteiger partial charge in [-0.1, -0.05) is 43.7 Å². The maximum absolute atomic E-state index is 12.4. The third-order valence-corrected chi connectivity index (χ3v) is 4.27. The summed E-state index contributed by atoms with van der Waals surface area (Å²) in [5.74, 6) is -1.23. The number of rotatable bonds is 9. The second-order valence-corrected chi connectivity index (χ2v) is 5.96. The molecule has 1 aromatic rings. The fraction of sp³-hybridized carbons (Fsp3) is 0.500. The average molecular weight is 354 g/mol. The summed E-state index contributed by atoms with van der Waals surface area (Å²) in [6, 6.07) is 8.73. The molecule has 3 amide bonds. The topological polar surface area (TPSA) is 90.8 Å². The van der Waals surface area contributed by atoms with Crippen LogP contribution in [0, 0.1) is 5.41 Å². The summed E-state index contributed by atoms with van der Waals surface area (Å²) in [4.78, 5) is 27.2. The number of aliphatic imine (C=N–C) groups is 1. The molecule has 1 N–H and O–H groups in total. The summed E-state index contributed by atoms with van der Waals surface area (Å²) in [7, 11) is 0. The molecule has 2 rings (SSSR count). The Morgan fingerprint density at radius 3 is 2.52 bits per heavy atom. The number of imide groups is 1. The van der Waals surface area contributed by atoms with Crippen molar-refractivity contribution in [1.82, 2.24) is 5.32 Å². The standard InChI is InChI=1S/C18H24N2O4.Na/c1-2-3-12-24-13-11-18(10-9-14-7-5-4-6-8-14)15(21)19-17(23)20-16(18)22;/h4-8H,2-3,9-13H2,1H3,(H2,19,20,21,22,23);/q;+1/p-1. The smallest absolute Gasteiger partial charge is 0.861 e. The molecule has 0 aliphatic carbocycles. The van der Waals surface area contributed by atoms with Crippen LogP contribution < -0.4 is 40.0 Å². The number of carbonyl (C=O) groups is 2. The quantitative estimate of drug-likeness (QED) is 0.447. The van der Waals surface area contributed by atoms with E-state index in [2.05, 4.69) is 17.2 Å². The largest absolute Gasteiger partial charge is 1.00 e. The van der Waals surface area contributed by atoms with Crippen LogP contribution in [0.4, 0.5) is 4.79 Å². The number of amides is 3. The van der Waals surface area contributed by atoms with Gasteiger partial charge in [0.05, 0.1) is 5.41 Å². The Kier molecular flexibility index (Phi) is 9.35. The molecule has 25 heavy (non-hydrogen) atoms. The van der Waals surface area contributed by atoms with Crippen molar-refractivity contribution >= 4 is 17.8 Å². The minimum atomic E-state index is -1.32. The second-order valence-electron chi connectivity index (χ2n) is 5.96. The Bertz CT molecular complexity index is 606. The van der Waals surface area contributed by atoms with Crippen LogP contribution in [-0.4, -0.2) is 31.0 Å². The first-order valence-corrected chi connectivity index (χ1v) is 8.32. The van der Waals surface area contributed by atoms with Crippen LogP contribution in [0.5, 0.6) is 0 Å². The molecule has 7 heteroatoms. The van der Waals surface area contributed by atoms with E-state index in [1.54, 1.807) is 0 Å². The zero-order chi connectivity index (χ0) is 17.4. The SMILES string of the molecule is CCCCOCCC1(CCc2ccccc2)C(=O)NC(=O)N=C1[O-].[Na+]. The Labute approximate surface area is 170 Å². The van der Waals surface area contributed by atoms with Crippen LogP contribution in [0.2, 0.25) is 0 Å². The van der Waals surface area contributed by atoms with Crippen molar-refractivity contribution in [3.05, 3.63) is 35.9 Å². The fourth-order valence-corrected chi connectivity index (χ4v) is 2.70. The van der Waals surface area contributed by atoms with Crippen LogP contribution in [0.3, 0.4) is 0 Å². The summed E-state index contributed by atoms with van der Waals surface area (Å²) in [5.41, 5.74) is -0.294. The molecule has 1 aliphatic rings. The third-order valence-electron chi connectivity index (χ3n) is 4.27. The van der Waals surface area contributed by atoms with E-state index in [9.17, 15) is 14.7 Å². The number of hydrogen-bond acceptors (Lipinski definition) is 4. The molecule has 0 radical (unpaired) electrons. The summed E-state index contributed by atoms with van der Waals surface area (Å²) in [6.45, 7) is 2.95. The van der Waals surface area contributed by atoms with Crippen molar-refractivity contribution in [2.45, 2.75) is 39.0 Å². The Balaban J connectivity index is 0.00000312. The molecular weight excluding hydrogens is 331 g/mol. The normalized spacial score (nSPS) is 19.8. The molecule has 1 aromatic carbocycles. The summed E-state index contributed by atoms with van der Waals surface area (Å²) in [5, 5.41) is 14.5. The first kappa shape index (κ1) is 21.8. The molecule has 6 nitrogen and oxygen atoms in total. The molecular formula is C18H23N2NaO4. The number of hydrogen-bond donors (Lipinski definition) is 1. The first-order chi connectivity index (χ1) is 11.6. The third kappa shape index (κ3) is 5.92. The van der Waals surface area contributed by atoms with Gasteiger partial charge >= 0.3 is 35.6 Å². The molecule has 1 atom stereocenters. The minimum Gasteiger partial charge on any atom is -0.861 e. The van der Waals surface area contributed by atoms with Crippen LogP contribution in [0.1, 0.15) is 38.2 Å². The van der Waals surface area contributed by atoms with E-state index in [-0.39, 0.29) is 42.6 Å². The number of ether oxygens (including phenoxy) is 1. The average Bonchev–Trinajstić information content (AvgIpc) is 2.57. The van der Waals surface area contributed by atoms with E-state index in [1.807, 2.05) is 30.3 Å². The number of aryl methyl sites for hydroxylation is 1. The summed E-state index contributed by atoms with van der Waals surface area (Å²) < 4.78 is 5.52. The van der Waals surface area contributed by atoms with E-state index < -0.39 is 23.3 Å². The Morgan fingerprint density at radius 2 is 1.88 bits per heavy atom. The van der Waals surface area contributed by atoms with E-state index in [1.165, 1.54) is 0 Å². The van der Waals surface area contributed by atoms with Crippen LogP contribution in [0.15, 0.2) is 35.3 Å². The van der Waals surface area contributed by atoms with E-state index in [0.29, 0.717) is 19.4 Å². The molecule has 1 unspecified atom stereocenters. The maximum Gasteiger partial charge on any atom is 1.00 e. The minimum absolute atomic E-state index is 0. The molecule has 0 spiro atoms. The van der Waals surface area contributed by atoms with Gasteiger partial charge in [0, 0.05) is 13.2 Å². The van der Waals surface area contributed by atoms with Gasteiger partial charge in [-0.05, 0) is 37.1 Å². The fourth-order valence-electron chi connectivity index (χ4n) is 2.70. The van der Waals surface area contributed by atoms with Crippen molar-refractivity contribution in [3.8, 4) is 0 Å². The van der Waals surface area contributed by atoms with Crippen LogP contribution in [-0.2, 0) is 16.0 Å². The van der Waals surface area contributed by atoms with E-state index in [0.717, 1.165) is 18.4 Å². The predicted molar refractivity (Wildman–Crippen MR) is 88.5 cm³/mol. The van der Waals surface area contributed by atoms with Crippen LogP contribution in [0.25, 0.3) is 0 Å². The van der Waals surface area contributed by atoms with Gasteiger partial charge in [-0.25, -0.2) is 9.79 Å².